The van der Waals surface area contributed by atoms with Crippen LogP contribution in [-0.4, -0.2) is 42.7 Å². The maximum atomic E-state index is 13.5. The lowest BCUT2D eigenvalue weighted by Gasteiger charge is -2.26. The molecule has 2 heterocycles. The van der Waals surface area contributed by atoms with Crippen LogP contribution in [0.2, 0.25) is 0 Å². The Kier molecular flexibility index (Phi) is 7.36. The zero-order chi connectivity index (χ0) is 26.6. The van der Waals surface area contributed by atoms with Crippen LogP contribution in [0, 0.1) is 11.6 Å². The van der Waals surface area contributed by atoms with E-state index >= 15 is 0 Å². The molecule has 1 fully saturated rings. The molecule has 1 aliphatic carbocycles. The molecule has 0 bridgehead atoms. The number of hydrogen-bond acceptors (Lipinski definition) is 7. The number of halogens is 2. The number of aromatic nitrogens is 4. The van der Waals surface area contributed by atoms with Crippen molar-refractivity contribution in [2.24, 2.45) is 0 Å². The fourth-order valence-corrected chi connectivity index (χ4v) is 4.50. The number of nitrogens with one attached hydrogen (secondary N) is 2. The number of hydrogen-bond donors (Lipinski definition) is 3. The van der Waals surface area contributed by atoms with Gasteiger partial charge in [0, 0.05) is 18.8 Å². The van der Waals surface area contributed by atoms with Crippen LogP contribution in [-0.2, 0) is 13.1 Å². The number of aliphatic hydroxyl groups is 1. The Morgan fingerprint density at radius 3 is 2.58 bits per heavy atom. The van der Waals surface area contributed by atoms with E-state index in [0.717, 1.165) is 47.9 Å². The predicted octanol–water partition coefficient (Wildman–Crippen LogP) is 3.16. The Balaban J connectivity index is 1.25. The van der Waals surface area contributed by atoms with Crippen molar-refractivity contribution >= 4 is 22.8 Å². The fourth-order valence-electron chi connectivity index (χ4n) is 4.50. The van der Waals surface area contributed by atoms with Crippen LogP contribution in [0.1, 0.15) is 47.2 Å². The molecule has 4 aromatic rings. The summed E-state index contributed by atoms with van der Waals surface area (Å²) in [5.74, 6) is -1.96. The lowest BCUT2D eigenvalue weighted by molar-refractivity contribution is 0.0948. The molecule has 1 amide bonds. The molecule has 0 spiro atoms. The van der Waals surface area contributed by atoms with Crippen molar-refractivity contribution in [3.63, 3.8) is 0 Å². The number of amides is 1. The molecule has 196 valence electrons. The van der Waals surface area contributed by atoms with Crippen LogP contribution < -0.4 is 16.2 Å². The average Bonchev–Trinajstić information content (AvgIpc) is 2.91. The second-order valence-corrected chi connectivity index (χ2v) is 9.40. The van der Waals surface area contributed by atoms with Crippen LogP contribution in [0.15, 0.2) is 59.9 Å². The van der Waals surface area contributed by atoms with Gasteiger partial charge in [-0.05, 0) is 61.1 Å². The Morgan fingerprint density at radius 1 is 1.00 bits per heavy atom. The second-order valence-electron chi connectivity index (χ2n) is 9.40. The first-order valence-electron chi connectivity index (χ1n) is 12.3. The number of carbonyl (C=O) groups is 1. The van der Waals surface area contributed by atoms with Crippen molar-refractivity contribution < 1.29 is 18.7 Å². The van der Waals surface area contributed by atoms with Gasteiger partial charge in [-0.2, -0.15) is 0 Å². The normalized spacial score (nSPS) is 17.3. The third kappa shape index (κ3) is 5.83. The summed E-state index contributed by atoms with van der Waals surface area (Å²) in [7, 11) is 0. The maximum absolute atomic E-state index is 13.5. The zero-order valence-electron chi connectivity index (χ0n) is 20.4. The molecule has 38 heavy (non-hydrogen) atoms. The molecule has 2 aromatic heterocycles. The molecule has 0 radical (unpaired) electrons. The minimum atomic E-state index is -1.02. The fraction of sp³-hybridized carbons (Fsp3) is 0.296. The van der Waals surface area contributed by atoms with Crippen LogP contribution in [0.25, 0.3) is 11.0 Å². The van der Waals surface area contributed by atoms with E-state index in [1.807, 2.05) is 18.2 Å². The van der Waals surface area contributed by atoms with Gasteiger partial charge in [0.1, 0.15) is 11.4 Å². The Labute approximate surface area is 216 Å². The molecule has 0 saturated heterocycles. The molecule has 0 atom stereocenters. The van der Waals surface area contributed by atoms with E-state index in [1.165, 1.54) is 18.6 Å². The van der Waals surface area contributed by atoms with Crippen molar-refractivity contribution in [3.05, 3.63) is 93.8 Å². The number of carbonyl (C=O) groups excluding carboxylic acids is 1. The van der Waals surface area contributed by atoms with Crippen molar-refractivity contribution in [3.8, 4) is 0 Å². The highest BCUT2D eigenvalue weighted by molar-refractivity contribution is 5.93. The van der Waals surface area contributed by atoms with Crippen molar-refractivity contribution in [2.75, 3.05) is 5.32 Å². The Hall–Kier alpha value is -4.25. The minimum Gasteiger partial charge on any atom is -0.393 e. The van der Waals surface area contributed by atoms with Crippen LogP contribution in [0.5, 0.6) is 0 Å². The predicted molar refractivity (Wildman–Crippen MR) is 137 cm³/mol. The third-order valence-electron chi connectivity index (χ3n) is 6.59. The van der Waals surface area contributed by atoms with Crippen LogP contribution >= 0.6 is 0 Å². The highest BCUT2D eigenvalue weighted by Crippen LogP contribution is 2.22. The number of nitrogens with zero attached hydrogens (tertiary/aromatic N) is 4. The number of aliphatic hydroxyl groups excluding tert-OH is 1. The summed E-state index contributed by atoms with van der Waals surface area (Å²) < 4.78 is 27.9. The lowest BCUT2D eigenvalue weighted by Crippen LogP contribution is -2.33. The van der Waals surface area contributed by atoms with Gasteiger partial charge in [0.15, 0.2) is 11.6 Å². The summed E-state index contributed by atoms with van der Waals surface area (Å²) in [5, 5.41) is 15.8. The van der Waals surface area contributed by atoms with Crippen molar-refractivity contribution in [1.82, 2.24) is 24.8 Å². The van der Waals surface area contributed by atoms with Gasteiger partial charge >= 0.3 is 0 Å². The summed E-state index contributed by atoms with van der Waals surface area (Å²) in [5.41, 5.74) is 1.73. The number of rotatable bonds is 7. The van der Waals surface area contributed by atoms with Gasteiger partial charge in [-0.25, -0.2) is 18.7 Å². The zero-order valence-corrected chi connectivity index (χ0v) is 20.4. The first kappa shape index (κ1) is 25.4. The molecular formula is C27H26F2N6O3. The first-order chi connectivity index (χ1) is 18.4. The minimum absolute atomic E-state index is 0.0642. The monoisotopic (exact) mass is 520 g/mol. The van der Waals surface area contributed by atoms with Gasteiger partial charge < -0.3 is 15.7 Å². The van der Waals surface area contributed by atoms with Crippen LogP contribution in [0.3, 0.4) is 0 Å². The van der Waals surface area contributed by atoms with Gasteiger partial charge in [-0.3, -0.25) is 19.1 Å². The maximum Gasteiger partial charge on any atom is 0.266 e. The molecule has 1 aliphatic rings. The summed E-state index contributed by atoms with van der Waals surface area (Å²) in [6.07, 6.45) is 7.11. The number of fused-ring (bicyclic) bond motifs is 1. The van der Waals surface area contributed by atoms with Crippen molar-refractivity contribution in [2.45, 2.75) is 50.9 Å². The SMILES string of the molecule is O=C(NCc1ccc2ncc(N[C@H]3CC[C@H](O)CC3)nc2c1)c1cncn(Cc2ccc(F)c(F)c2)c1=O. The van der Waals surface area contributed by atoms with E-state index in [1.54, 1.807) is 6.20 Å². The van der Waals surface area contributed by atoms with E-state index in [4.69, 9.17) is 0 Å². The largest absolute Gasteiger partial charge is 0.393 e. The molecule has 9 nitrogen and oxygen atoms in total. The summed E-state index contributed by atoms with van der Waals surface area (Å²) >= 11 is 0. The topological polar surface area (TPSA) is 122 Å². The highest BCUT2D eigenvalue weighted by atomic mass is 19.2. The third-order valence-corrected chi connectivity index (χ3v) is 6.59. The van der Waals surface area contributed by atoms with Gasteiger partial charge in [0.25, 0.3) is 11.5 Å². The standard InChI is InChI=1S/C27H26F2N6O3/c28-21-7-1-17(9-22(21)29)14-35-15-30-12-20(27(35)38)26(37)32-11-16-2-8-23-24(10-16)34-25(13-31-23)33-18-3-5-19(36)6-4-18/h1-2,7-10,12-13,15,18-19,36H,3-6,11,14H2,(H,32,37)(H,33,34)/t18-,19-. The van der Waals surface area contributed by atoms with E-state index < -0.39 is 23.1 Å². The van der Waals surface area contributed by atoms with Gasteiger partial charge in [-0.1, -0.05) is 12.1 Å². The van der Waals surface area contributed by atoms with Crippen LogP contribution in [0.4, 0.5) is 14.6 Å². The molecule has 0 aliphatic heterocycles. The van der Waals surface area contributed by atoms with E-state index in [-0.39, 0.29) is 30.8 Å². The first-order valence-corrected chi connectivity index (χ1v) is 12.3. The Morgan fingerprint density at radius 2 is 1.79 bits per heavy atom. The van der Waals surface area contributed by atoms with Gasteiger partial charge in [0.2, 0.25) is 0 Å². The number of anilines is 1. The van der Waals surface area contributed by atoms with E-state index in [2.05, 4.69) is 25.6 Å². The average molecular weight is 521 g/mol. The molecule has 11 heteroatoms. The molecule has 1 saturated carbocycles. The molecule has 2 aromatic carbocycles. The summed E-state index contributed by atoms with van der Waals surface area (Å²) in [4.78, 5) is 38.7. The highest BCUT2D eigenvalue weighted by Gasteiger charge is 2.19. The molecule has 0 unspecified atom stereocenters. The lowest BCUT2D eigenvalue weighted by atomic mass is 9.93. The van der Waals surface area contributed by atoms with Gasteiger partial charge in [0.05, 0.1) is 36.2 Å². The van der Waals surface area contributed by atoms with E-state index in [0.29, 0.717) is 22.4 Å². The summed E-state index contributed by atoms with van der Waals surface area (Å²) in [6, 6.07) is 9.02. The second kappa shape index (κ2) is 11.0. The van der Waals surface area contributed by atoms with Crippen molar-refractivity contribution in [1.29, 1.82) is 0 Å². The Bertz CT molecular complexity index is 1540. The molecule has 5 rings (SSSR count). The number of benzene rings is 2. The van der Waals surface area contributed by atoms with Gasteiger partial charge in [-0.15, -0.1) is 0 Å². The quantitative estimate of drug-likeness (QED) is 0.342. The molecule has 3 N–H and O–H groups in total. The molecular weight excluding hydrogens is 494 g/mol. The van der Waals surface area contributed by atoms with E-state index in [9.17, 15) is 23.5 Å². The smallest absolute Gasteiger partial charge is 0.266 e. The summed E-state index contributed by atoms with van der Waals surface area (Å²) in [6.45, 7) is 0.0808.